The van der Waals surface area contributed by atoms with Gasteiger partial charge in [-0.3, -0.25) is 15.5 Å². The van der Waals surface area contributed by atoms with Crippen LogP contribution in [0.2, 0.25) is 0 Å². The summed E-state index contributed by atoms with van der Waals surface area (Å²) in [4.78, 5) is 4.75. The van der Waals surface area contributed by atoms with Crippen LogP contribution in [0.15, 0.2) is 0 Å². The second-order valence-corrected chi connectivity index (χ2v) is 1.59. The van der Waals surface area contributed by atoms with E-state index in [1.54, 1.807) is 7.05 Å². The first-order valence-corrected chi connectivity index (χ1v) is 3.13. The highest BCUT2D eigenvalue weighted by molar-refractivity contribution is 4.23. The average molecular weight is 149 g/mol. The molecule has 0 aromatic heterocycles. The molecule has 0 fully saturated rings. The van der Waals surface area contributed by atoms with Crippen LogP contribution in [0.3, 0.4) is 0 Å². The highest BCUT2D eigenvalue weighted by Gasteiger charge is 1.83. The molecule has 3 N–H and O–H groups in total. The van der Waals surface area contributed by atoms with Crippen LogP contribution in [0.5, 0.6) is 0 Å². The molecule has 0 unspecified atom stereocenters. The van der Waals surface area contributed by atoms with Gasteiger partial charge in [0.2, 0.25) is 0 Å². The quantitative estimate of drug-likeness (QED) is 0.242. The van der Waals surface area contributed by atoms with Gasteiger partial charge in [0.25, 0.3) is 0 Å². The predicted octanol–water partition coefficient (Wildman–Crippen LogP) is -1.16. The largest absolute Gasteiger partial charge is 0.351 e. The van der Waals surface area contributed by atoms with Crippen LogP contribution < -0.4 is 16.1 Å². The lowest BCUT2D eigenvalue weighted by Crippen LogP contribution is -2.26. The zero-order chi connectivity index (χ0) is 7.66. The lowest BCUT2D eigenvalue weighted by Gasteiger charge is -2.04. The molecule has 5 heteroatoms. The van der Waals surface area contributed by atoms with Gasteiger partial charge in [0, 0.05) is 7.05 Å². The highest BCUT2D eigenvalue weighted by atomic mass is 16.7. The third kappa shape index (κ3) is 7.80. The summed E-state index contributed by atoms with van der Waals surface area (Å²) in [7, 11) is 3.53. The summed E-state index contributed by atoms with van der Waals surface area (Å²) in [5.74, 6) is 0. The lowest BCUT2D eigenvalue weighted by atomic mass is 11.0. The molecule has 0 spiro atoms. The Morgan fingerprint density at radius 2 is 1.90 bits per heavy atom. The lowest BCUT2D eigenvalue weighted by molar-refractivity contribution is 0.0143. The van der Waals surface area contributed by atoms with Gasteiger partial charge in [0.05, 0.1) is 6.73 Å². The van der Waals surface area contributed by atoms with Crippen LogP contribution in [0.25, 0.3) is 0 Å². The Morgan fingerprint density at radius 3 is 2.50 bits per heavy atom. The Balaban J connectivity index is 2.65. The number of rotatable bonds is 7. The van der Waals surface area contributed by atoms with Gasteiger partial charge in [-0.1, -0.05) is 0 Å². The van der Waals surface area contributed by atoms with Crippen LogP contribution in [0.4, 0.5) is 0 Å². The van der Waals surface area contributed by atoms with E-state index in [1.165, 1.54) is 0 Å². The maximum Gasteiger partial charge on any atom is 0.120 e. The van der Waals surface area contributed by atoms with Crippen molar-refractivity contribution in [1.82, 2.24) is 16.1 Å². The fourth-order valence-electron chi connectivity index (χ4n) is 0.390. The summed E-state index contributed by atoms with van der Waals surface area (Å²) in [6.45, 7) is 1.48. The van der Waals surface area contributed by atoms with Crippen molar-refractivity contribution in [3.05, 3.63) is 0 Å². The molecule has 0 atom stereocenters. The summed E-state index contributed by atoms with van der Waals surface area (Å²) >= 11 is 0. The molecule has 0 aromatic carbocycles. The van der Waals surface area contributed by atoms with Crippen molar-refractivity contribution in [2.75, 3.05) is 34.3 Å². The van der Waals surface area contributed by atoms with Gasteiger partial charge in [0.1, 0.15) is 13.5 Å². The molecular weight excluding hydrogens is 134 g/mol. The van der Waals surface area contributed by atoms with Crippen LogP contribution in [0.1, 0.15) is 0 Å². The van der Waals surface area contributed by atoms with E-state index in [9.17, 15) is 0 Å². The van der Waals surface area contributed by atoms with Gasteiger partial charge in [-0.25, -0.2) is 5.48 Å². The van der Waals surface area contributed by atoms with Gasteiger partial charge >= 0.3 is 0 Å². The highest BCUT2D eigenvalue weighted by Crippen LogP contribution is 1.64. The van der Waals surface area contributed by atoms with Crippen LogP contribution in [0, 0.1) is 0 Å². The topological polar surface area (TPSA) is 54.5 Å². The molecule has 0 bridgehead atoms. The van der Waals surface area contributed by atoms with E-state index in [-0.39, 0.29) is 0 Å². The minimum absolute atomic E-state index is 0.445. The van der Waals surface area contributed by atoms with Crippen molar-refractivity contribution < 1.29 is 9.57 Å². The van der Waals surface area contributed by atoms with Gasteiger partial charge in [-0.2, -0.15) is 0 Å². The molecule has 0 aliphatic rings. The van der Waals surface area contributed by atoms with Gasteiger partial charge < -0.3 is 4.74 Å². The van der Waals surface area contributed by atoms with Crippen molar-refractivity contribution in [3.8, 4) is 0 Å². The second kappa shape index (κ2) is 8.80. The molecule has 0 aliphatic carbocycles. The van der Waals surface area contributed by atoms with E-state index >= 15 is 0 Å². The summed E-state index contributed by atoms with van der Waals surface area (Å²) in [6, 6.07) is 0. The van der Waals surface area contributed by atoms with Crippen molar-refractivity contribution in [1.29, 1.82) is 0 Å². The molecule has 10 heavy (non-hydrogen) atoms. The molecule has 0 rings (SSSR count). The van der Waals surface area contributed by atoms with E-state index in [0.29, 0.717) is 20.2 Å². The second-order valence-electron chi connectivity index (χ2n) is 1.59. The van der Waals surface area contributed by atoms with Gasteiger partial charge in [0.15, 0.2) is 0 Å². The summed E-state index contributed by atoms with van der Waals surface area (Å²) in [6.07, 6.45) is 0. The molecule has 0 aliphatic heterocycles. The minimum atomic E-state index is 0.445. The SMILES string of the molecule is CNCOCNCONC. The summed E-state index contributed by atoms with van der Waals surface area (Å²) in [5, 5.41) is 5.71. The van der Waals surface area contributed by atoms with Crippen molar-refractivity contribution in [2.24, 2.45) is 0 Å². The van der Waals surface area contributed by atoms with Crippen molar-refractivity contribution >= 4 is 0 Å². The monoisotopic (exact) mass is 149 g/mol. The van der Waals surface area contributed by atoms with E-state index in [4.69, 9.17) is 9.57 Å². The van der Waals surface area contributed by atoms with Crippen molar-refractivity contribution in [3.63, 3.8) is 0 Å². The van der Waals surface area contributed by atoms with E-state index in [1.807, 2.05) is 7.05 Å². The molecule has 0 aromatic rings. The standard InChI is InChI=1S/C5H15N3O2/c1-6-3-9-4-8-5-10-7-2/h6-8H,3-5H2,1-2H3. The first-order valence-electron chi connectivity index (χ1n) is 3.13. The Hall–Kier alpha value is -0.200. The molecule has 0 saturated carbocycles. The average Bonchev–Trinajstić information content (AvgIpc) is 1.97. The number of nitrogens with one attached hydrogen (secondary N) is 3. The van der Waals surface area contributed by atoms with E-state index in [0.717, 1.165) is 0 Å². The number of hydrogen-bond acceptors (Lipinski definition) is 5. The predicted molar refractivity (Wildman–Crippen MR) is 38.0 cm³/mol. The Kier molecular flexibility index (Phi) is 8.62. The fraction of sp³-hybridized carbons (Fsp3) is 1.00. The molecule has 5 nitrogen and oxygen atoms in total. The van der Waals surface area contributed by atoms with Gasteiger partial charge in [-0.05, 0) is 7.05 Å². The van der Waals surface area contributed by atoms with E-state index in [2.05, 4.69) is 16.1 Å². The zero-order valence-corrected chi connectivity index (χ0v) is 6.44. The summed E-state index contributed by atoms with van der Waals surface area (Å²) in [5.41, 5.74) is 2.52. The molecule has 0 heterocycles. The third-order valence-electron chi connectivity index (χ3n) is 0.769. The normalized spacial score (nSPS) is 10.2. The maximum absolute atomic E-state index is 5.00. The zero-order valence-electron chi connectivity index (χ0n) is 6.44. The van der Waals surface area contributed by atoms with Crippen LogP contribution >= 0.6 is 0 Å². The maximum atomic E-state index is 5.00. The Labute approximate surface area is 61.0 Å². The fourth-order valence-corrected chi connectivity index (χ4v) is 0.390. The third-order valence-corrected chi connectivity index (χ3v) is 0.769. The molecule has 62 valence electrons. The van der Waals surface area contributed by atoms with Crippen LogP contribution in [-0.2, 0) is 9.57 Å². The molecule has 0 amide bonds. The van der Waals surface area contributed by atoms with Crippen LogP contribution in [-0.4, -0.2) is 34.3 Å². The van der Waals surface area contributed by atoms with Crippen molar-refractivity contribution in [2.45, 2.75) is 0 Å². The first kappa shape index (κ1) is 9.80. The smallest absolute Gasteiger partial charge is 0.120 e. The van der Waals surface area contributed by atoms with Gasteiger partial charge in [-0.15, -0.1) is 0 Å². The number of ether oxygens (including phenoxy) is 1. The Morgan fingerprint density at radius 1 is 1.10 bits per heavy atom. The summed E-state index contributed by atoms with van der Waals surface area (Å²) < 4.78 is 5.00. The minimum Gasteiger partial charge on any atom is -0.351 e. The van der Waals surface area contributed by atoms with E-state index < -0.39 is 0 Å². The number of hydrogen-bond donors (Lipinski definition) is 3. The molecule has 0 radical (unpaired) electrons. The Bertz CT molecular complexity index is 54.9. The molecular formula is C5H15N3O2. The number of hydroxylamine groups is 1. The first-order chi connectivity index (χ1) is 4.91. The molecule has 0 saturated heterocycles.